The molecule has 0 radical (unpaired) electrons. The largest absolute Gasteiger partial charge is 0.327 e. The molecule has 0 aliphatic carbocycles. The number of aromatic nitrogens is 2. The summed E-state index contributed by atoms with van der Waals surface area (Å²) in [5.74, 6) is -0.267. The van der Waals surface area contributed by atoms with Crippen LogP contribution in [0.4, 0.5) is 4.39 Å². The molecule has 0 aliphatic heterocycles. The molecule has 1 aromatic heterocycles. The molecule has 0 aliphatic rings. The summed E-state index contributed by atoms with van der Waals surface area (Å²) in [5, 5.41) is 4.48. The number of allylic oxidation sites excluding steroid dienone is 1. The third-order valence-electron chi connectivity index (χ3n) is 4.25. The van der Waals surface area contributed by atoms with Gasteiger partial charge in [0.15, 0.2) is 0 Å². The molecule has 6 nitrogen and oxygen atoms in total. The number of hydrogen-bond donors (Lipinski definition) is 1. The Hall–Kier alpha value is -2.03. The van der Waals surface area contributed by atoms with Gasteiger partial charge in [-0.15, -0.1) is 0 Å². The number of benzene rings is 1. The fourth-order valence-electron chi connectivity index (χ4n) is 2.66. The molecule has 0 atom stereocenters. The highest BCUT2D eigenvalue weighted by molar-refractivity contribution is 7.89. The Kier molecular flexibility index (Phi) is 6.33. The molecular formula is C18H25FN4O2S. The minimum Gasteiger partial charge on any atom is -0.327 e. The van der Waals surface area contributed by atoms with Crippen LogP contribution in [0.1, 0.15) is 22.5 Å². The van der Waals surface area contributed by atoms with Gasteiger partial charge in [-0.25, -0.2) is 17.1 Å². The van der Waals surface area contributed by atoms with E-state index in [-0.39, 0.29) is 23.7 Å². The lowest BCUT2D eigenvalue weighted by Gasteiger charge is -2.12. The van der Waals surface area contributed by atoms with E-state index >= 15 is 0 Å². The number of nitrogens with zero attached hydrogens (tertiary/aromatic N) is 3. The van der Waals surface area contributed by atoms with E-state index in [0.717, 1.165) is 22.5 Å². The van der Waals surface area contributed by atoms with Crippen LogP contribution in [0.15, 0.2) is 41.1 Å². The van der Waals surface area contributed by atoms with E-state index in [4.69, 9.17) is 5.73 Å². The van der Waals surface area contributed by atoms with Gasteiger partial charge in [-0.1, -0.05) is 12.1 Å². The Balaban J connectivity index is 2.23. The topological polar surface area (TPSA) is 81.2 Å². The van der Waals surface area contributed by atoms with Gasteiger partial charge in [0.2, 0.25) is 10.0 Å². The maximum atomic E-state index is 13.8. The highest BCUT2D eigenvalue weighted by Crippen LogP contribution is 2.20. The molecule has 142 valence electrons. The average Bonchev–Trinajstić information content (AvgIpc) is 2.83. The summed E-state index contributed by atoms with van der Waals surface area (Å²) in [6.07, 6.45) is 1.54. The quantitative estimate of drug-likeness (QED) is 0.798. The first-order valence-electron chi connectivity index (χ1n) is 8.25. The Morgan fingerprint density at radius 1 is 1.27 bits per heavy atom. The summed E-state index contributed by atoms with van der Waals surface area (Å²) in [6.45, 7) is 4.40. The molecule has 26 heavy (non-hydrogen) atoms. The van der Waals surface area contributed by atoms with Gasteiger partial charge in [-0.2, -0.15) is 5.10 Å². The summed E-state index contributed by atoms with van der Waals surface area (Å²) in [5.41, 5.74) is 8.76. The zero-order valence-corrected chi connectivity index (χ0v) is 16.3. The van der Waals surface area contributed by atoms with Crippen molar-refractivity contribution < 1.29 is 12.8 Å². The lowest BCUT2D eigenvalue weighted by molar-refractivity contribution is 0.520. The van der Waals surface area contributed by atoms with Crippen LogP contribution in [0.5, 0.6) is 0 Å². The molecule has 0 saturated heterocycles. The number of aryl methyl sites for hydroxylation is 1. The Morgan fingerprint density at radius 2 is 1.88 bits per heavy atom. The average molecular weight is 380 g/mol. The molecule has 2 aromatic rings. The van der Waals surface area contributed by atoms with E-state index in [1.54, 1.807) is 28.9 Å². The third-order valence-corrected chi connectivity index (χ3v) is 6.08. The van der Waals surface area contributed by atoms with E-state index in [0.29, 0.717) is 6.54 Å². The summed E-state index contributed by atoms with van der Waals surface area (Å²) in [7, 11) is -0.446. The minimum absolute atomic E-state index is 0.167. The molecule has 2 rings (SSSR count). The fourth-order valence-corrected chi connectivity index (χ4v) is 3.56. The van der Waals surface area contributed by atoms with E-state index < -0.39 is 10.0 Å². The number of sulfonamides is 1. The van der Waals surface area contributed by atoms with E-state index in [1.165, 1.54) is 24.5 Å². The van der Waals surface area contributed by atoms with Crippen molar-refractivity contribution in [3.8, 4) is 0 Å². The molecule has 0 amide bonds. The van der Waals surface area contributed by atoms with Crippen molar-refractivity contribution >= 4 is 10.0 Å². The van der Waals surface area contributed by atoms with Gasteiger partial charge in [0.05, 0.1) is 17.1 Å². The second-order valence-electron chi connectivity index (χ2n) is 6.30. The molecule has 0 saturated carbocycles. The standard InChI is InChI=1S/C18H25FN4O2S/c1-13-18(11-16(19)9-10-20)14(2)23(21-13)12-15-5-7-17(8-6-15)26(24,25)22(3)4/h5-9H,10-12,20H2,1-4H3/b16-9-. The summed E-state index contributed by atoms with van der Waals surface area (Å²) in [4.78, 5) is 0.245. The lowest BCUT2D eigenvalue weighted by Crippen LogP contribution is -2.22. The van der Waals surface area contributed by atoms with Crippen LogP contribution in [0.3, 0.4) is 0 Å². The van der Waals surface area contributed by atoms with Crippen molar-refractivity contribution in [3.05, 3.63) is 58.7 Å². The zero-order valence-electron chi connectivity index (χ0n) is 15.5. The Labute approximate surface area is 154 Å². The first-order chi connectivity index (χ1) is 12.2. The number of hydrogen-bond acceptors (Lipinski definition) is 4. The Bertz CT molecular complexity index is 900. The highest BCUT2D eigenvalue weighted by Gasteiger charge is 2.17. The summed E-state index contributed by atoms with van der Waals surface area (Å²) < 4.78 is 41.0. The van der Waals surface area contributed by atoms with Crippen molar-refractivity contribution in [2.75, 3.05) is 20.6 Å². The van der Waals surface area contributed by atoms with Crippen LogP contribution in [0.2, 0.25) is 0 Å². The van der Waals surface area contributed by atoms with Gasteiger partial charge < -0.3 is 5.73 Å². The zero-order chi connectivity index (χ0) is 19.5. The smallest absolute Gasteiger partial charge is 0.242 e. The molecular weight excluding hydrogens is 355 g/mol. The third kappa shape index (κ3) is 4.38. The predicted molar refractivity (Wildman–Crippen MR) is 100 cm³/mol. The molecule has 8 heteroatoms. The number of rotatable bonds is 7. The van der Waals surface area contributed by atoms with Crippen LogP contribution in [-0.2, 0) is 23.0 Å². The first kappa shape index (κ1) is 20.3. The van der Waals surface area contributed by atoms with Crippen molar-refractivity contribution in [2.45, 2.75) is 31.7 Å². The lowest BCUT2D eigenvalue weighted by atomic mass is 10.1. The molecule has 1 heterocycles. The minimum atomic E-state index is -3.44. The van der Waals surface area contributed by atoms with E-state index in [1.807, 2.05) is 13.8 Å². The second-order valence-corrected chi connectivity index (χ2v) is 8.45. The first-order valence-corrected chi connectivity index (χ1v) is 9.69. The van der Waals surface area contributed by atoms with E-state index in [9.17, 15) is 12.8 Å². The van der Waals surface area contributed by atoms with Gasteiger partial charge >= 0.3 is 0 Å². The van der Waals surface area contributed by atoms with Crippen LogP contribution < -0.4 is 5.73 Å². The van der Waals surface area contributed by atoms with E-state index in [2.05, 4.69) is 5.10 Å². The molecule has 0 fully saturated rings. The van der Waals surface area contributed by atoms with Crippen LogP contribution >= 0.6 is 0 Å². The fraction of sp³-hybridized carbons (Fsp3) is 0.389. The van der Waals surface area contributed by atoms with Gasteiger partial charge in [-0.05, 0) is 37.6 Å². The molecule has 0 bridgehead atoms. The van der Waals surface area contributed by atoms with Gasteiger partial charge in [0.25, 0.3) is 0 Å². The normalized spacial score (nSPS) is 12.8. The van der Waals surface area contributed by atoms with Crippen molar-refractivity contribution in [2.24, 2.45) is 5.73 Å². The maximum absolute atomic E-state index is 13.8. The maximum Gasteiger partial charge on any atom is 0.242 e. The molecule has 0 unspecified atom stereocenters. The van der Waals surface area contributed by atoms with Crippen molar-refractivity contribution in [1.29, 1.82) is 0 Å². The Morgan fingerprint density at radius 3 is 2.42 bits per heavy atom. The van der Waals surface area contributed by atoms with Crippen LogP contribution in [0, 0.1) is 13.8 Å². The summed E-state index contributed by atoms with van der Waals surface area (Å²) >= 11 is 0. The summed E-state index contributed by atoms with van der Waals surface area (Å²) in [6, 6.07) is 6.70. The second kappa shape index (κ2) is 8.11. The molecule has 1 aromatic carbocycles. The molecule has 0 spiro atoms. The predicted octanol–water partition coefficient (Wildman–Crippen LogP) is 2.15. The van der Waals surface area contributed by atoms with Gasteiger partial charge in [0.1, 0.15) is 5.83 Å². The molecule has 2 N–H and O–H groups in total. The van der Waals surface area contributed by atoms with Crippen molar-refractivity contribution in [1.82, 2.24) is 14.1 Å². The van der Waals surface area contributed by atoms with Crippen LogP contribution in [-0.4, -0.2) is 43.1 Å². The number of halogens is 1. The monoisotopic (exact) mass is 380 g/mol. The SMILES string of the molecule is Cc1nn(Cc2ccc(S(=O)(=O)N(C)C)cc2)c(C)c1C/C(F)=C/CN. The highest BCUT2D eigenvalue weighted by atomic mass is 32.2. The number of nitrogens with two attached hydrogens (primary N) is 1. The van der Waals surface area contributed by atoms with Gasteiger partial charge in [0, 0.05) is 38.3 Å². The van der Waals surface area contributed by atoms with Crippen molar-refractivity contribution in [3.63, 3.8) is 0 Å². The van der Waals surface area contributed by atoms with Crippen LogP contribution in [0.25, 0.3) is 0 Å². The van der Waals surface area contributed by atoms with Gasteiger partial charge in [-0.3, -0.25) is 4.68 Å².